The fraction of sp³-hybridized carbons (Fsp3) is 0.0667. The molecule has 20 heavy (non-hydrogen) atoms. The summed E-state index contributed by atoms with van der Waals surface area (Å²) in [5.74, 6) is -0.411. The molecule has 5 heteroatoms. The number of nitrogens with two attached hydrogens (primary N) is 1. The summed E-state index contributed by atoms with van der Waals surface area (Å²) in [5, 5.41) is 17.7. The molecule has 0 saturated heterocycles. The molecule has 0 aliphatic heterocycles. The number of rotatable bonds is 4. The molecular formula is C15H12N2O3. The average molecular weight is 268 g/mol. The summed E-state index contributed by atoms with van der Waals surface area (Å²) in [5.41, 5.74) is 6.97. The molecule has 3 N–H and O–H groups in total. The standard InChI is InChI=1S/C15H12N2O3/c16-8-7-10-1-4-12(5-2-10)20-14-9-11(17)3-6-13(14)15(18)19/h1-6,9H,7,17H2,(H,18,19). The topological polar surface area (TPSA) is 96.3 Å². The molecule has 100 valence electrons. The quantitative estimate of drug-likeness (QED) is 0.831. The number of hydrogen-bond donors (Lipinski definition) is 2. The van der Waals surface area contributed by atoms with Gasteiger partial charge in [-0.15, -0.1) is 0 Å². The van der Waals surface area contributed by atoms with Crippen molar-refractivity contribution in [3.63, 3.8) is 0 Å². The minimum Gasteiger partial charge on any atom is -0.478 e. The molecule has 0 bridgehead atoms. The first kappa shape index (κ1) is 13.4. The van der Waals surface area contributed by atoms with E-state index in [0.717, 1.165) is 5.56 Å². The third-order valence-corrected chi connectivity index (χ3v) is 2.67. The van der Waals surface area contributed by atoms with Crippen molar-refractivity contribution in [2.24, 2.45) is 0 Å². The lowest BCUT2D eigenvalue weighted by molar-refractivity contribution is 0.0694. The summed E-state index contributed by atoms with van der Waals surface area (Å²) in [6.07, 6.45) is 0.318. The second kappa shape index (κ2) is 5.76. The molecule has 0 aliphatic rings. The molecule has 0 saturated carbocycles. The lowest BCUT2D eigenvalue weighted by Crippen LogP contribution is -2.01. The highest BCUT2D eigenvalue weighted by atomic mass is 16.5. The predicted octanol–water partition coefficient (Wildman–Crippen LogP) is 2.83. The second-order valence-corrected chi connectivity index (χ2v) is 4.14. The van der Waals surface area contributed by atoms with Gasteiger partial charge in [0.05, 0.1) is 12.5 Å². The van der Waals surface area contributed by atoms with E-state index in [1.54, 1.807) is 24.3 Å². The summed E-state index contributed by atoms with van der Waals surface area (Å²) in [7, 11) is 0. The molecule has 2 rings (SSSR count). The van der Waals surface area contributed by atoms with Gasteiger partial charge in [0.25, 0.3) is 0 Å². The first-order valence-electron chi connectivity index (χ1n) is 5.86. The van der Waals surface area contributed by atoms with Gasteiger partial charge in [-0.2, -0.15) is 5.26 Å². The molecule has 0 radical (unpaired) electrons. The zero-order valence-electron chi connectivity index (χ0n) is 10.5. The van der Waals surface area contributed by atoms with Crippen molar-refractivity contribution in [2.75, 3.05) is 5.73 Å². The molecule has 2 aromatic carbocycles. The van der Waals surface area contributed by atoms with Crippen LogP contribution >= 0.6 is 0 Å². The molecule has 0 heterocycles. The van der Waals surface area contributed by atoms with Gasteiger partial charge in [-0.05, 0) is 29.8 Å². The fourth-order valence-electron chi connectivity index (χ4n) is 1.69. The number of nitrogens with zero attached hydrogens (tertiary/aromatic N) is 1. The summed E-state index contributed by atoms with van der Waals surface area (Å²) in [6.45, 7) is 0. The van der Waals surface area contributed by atoms with E-state index in [9.17, 15) is 4.79 Å². The van der Waals surface area contributed by atoms with Crippen molar-refractivity contribution in [3.8, 4) is 17.6 Å². The summed E-state index contributed by atoms with van der Waals surface area (Å²) < 4.78 is 5.54. The number of carboxylic acids is 1. The van der Waals surface area contributed by atoms with Crippen molar-refractivity contribution in [1.82, 2.24) is 0 Å². The lowest BCUT2D eigenvalue weighted by atomic mass is 10.1. The number of anilines is 1. The number of ether oxygens (including phenoxy) is 1. The predicted molar refractivity (Wildman–Crippen MR) is 73.6 cm³/mol. The molecule has 0 spiro atoms. The van der Waals surface area contributed by atoms with E-state index >= 15 is 0 Å². The third-order valence-electron chi connectivity index (χ3n) is 2.67. The molecule has 0 aliphatic carbocycles. The van der Waals surface area contributed by atoms with Gasteiger partial charge in [0.1, 0.15) is 17.1 Å². The number of carboxylic acid groups (broad SMARTS) is 1. The van der Waals surface area contributed by atoms with Gasteiger partial charge < -0.3 is 15.6 Å². The average Bonchev–Trinajstić information content (AvgIpc) is 2.41. The van der Waals surface area contributed by atoms with Crippen molar-refractivity contribution < 1.29 is 14.6 Å². The van der Waals surface area contributed by atoms with Crippen LogP contribution in [0.15, 0.2) is 42.5 Å². The minimum absolute atomic E-state index is 0.0419. The van der Waals surface area contributed by atoms with E-state index < -0.39 is 5.97 Å². The molecule has 0 unspecified atom stereocenters. The second-order valence-electron chi connectivity index (χ2n) is 4.14. The first-order valence-corrected chi connectivity index (χ1v) is 5.86. The molecule has 0 aromatic heterocycles. The van der Waals surface area contributed by atoms with Gasteiger partial charge in [0, 0.05) is 11.8 Å². The molecule has 5 nitrogen and oxygen atoms in total. The molecule has 0 fully saturated rings. The zero-order chi connectivity index (χ0) is 14.5. The Bertz CT molecular complexity index is 673. The van der Waals surface area contributed by atoms with Crippen molar-refractivity contribution in [3.05, 3.63) is 53.6 Å². The molecule has 0 atom stereocenters. The zero-order valence-corrected chi connectivity index (χ0v) is 10.5. The van der Waals surface area contributed by atoms with Crippen LogP contribution in [-0.2, 0) is 6.42 Å². The van der Waals surface area contributed by atoms with Gasteiger partial charge in [0.2, 0.25) is 0 Å². The number of carbonyl (C=O) groups is 1. The van der Waals surface area contributed by atoms with Crippen LogP contribution in [0.4, 0.5) is 5.69 Å². The maximum absolute atomic E-state index is 11.1. The van der Waals surface area contributed by atoms with Gasteiger partial charge in [-0.25, -0.2) is 4.79 Å². The minimum atomic E-state index is -1.08. The number of hydrogen-bond acceptors (Lipinski definition) is 4. The van der Waals surface area contributed by atoms with Crippen LogP contribution in [0.3, 0.4) is 0 Å². The van der Waals surface area contributed by atoms with Crippen LogP contribution in [0, 0.1) is 11.3 Å². The maximum Gasteiger partial charge on any atom is 0.339 e. The van der Waals surface area contributed by atoms with Gasteiger partial charge in [-0.3, -0.25) is 0 Å². The Morgan fingerprint density at radius 2 is 1.95 bits per heavy atom. The van der Waals surface area contributed by atoms with E-state index in [2.05, 4.69) is 0 Å². The van der Waals surface area contributed by atoms with E-state index in [4.69, 9.17) is 20.8 Å². The highest BCUT2D eigenvalue weighted by Crippen LogP contribution is 2.27. The number of benzene rings is 2. The van der Waals surface area contributed by atoms with Gasteiger partial charge in [-0.1, -0.05) is 12.1 Å². The Kier molecular flexibility index (Phi) is 3.87. The largest absolute Gasteiger partial charge is 0.478 e. The monoisotopic (exact) mass is 268 g/mol. The first-order chi connectivity index (χ1) is 9.60. The van der Waals surface area contributed by atoms with E-state index in [0.29, 0.717) is 17.9 Å². The highest BCUT2D eigenvalue weighted by molar-refractivity contribution is 5.91. The summed E-state index contributed by atoms with van der Waals surface area (Å²) in [4.78, 5) is 11.1. The van der Waals surface area contributed by atoms with Gasteiger partial charge >= 0.3 is 5.97 Å². The van der Waals surface area contributed by atoms with E-state index in [1.165, 1.54) is 18.2 Å². The third kappa shape index (κ3) is 3.06. The molecule has 2 aromatic rings. The van der Waals surface area contributed by atoms with Gasteiger partial charge in [0.15, 0.2) is 0 Å². The smallest absolute Gasteiger partial charge is 0.339 e. The Morgan fingerprint density at radius 3 is 2.55 bits per heavy atom. The van der Waals surface area contributed by atoms with Crippen LogP contribution < -0.4 is 10.5 Å². The Balaban J connectivity index is 2.27. The number of nitrogen functional groups attached to an aromatic ring is 1. The highest BCUT2D eigenvalue weighted by Gasteiger charge is 2.12. The van der Waals surface area contributed by atoms with Crippen LogP contribution in [0.5, 0.6) is 11.5 Å². The number of nitriles is 1. The number of aromatic carboxylic acids is 1. The lowest BCUT2D eigenvalue weighted by Gasteiger charge is -2.09. The van der Waals surface area contributed by atoms with Crippen molar-refractivity contribution in [2.45, 2.75) is 6.42 Å². The van der Waals surface area contributed by atoms with Crippen molar-refractivity contribution >= 4 is 11.7 Å². The Hall–Kier alpha value is -3.00. The van der Waals surface area contributed by atoms with Crippen molar-refractivity contribution in [1.29, 1.82) is 5.26 Å². The fourth-order valence-corrected chi connectivity index (χ4v) is 1.69. The van der Waals surface area contributed by atoms with E-state index in [1.807, 2.05) is 6.07 Å². The van der Waals surface area contributed by atoms with Crippen LogP contribution in [0.1, 0.15) is 15.9 Å². The Morgan fingerprint density at radius 1 is 1.25 bits per heavy atom. The summed E-state index contributed by atoms with van der Waals surface area (Å²) in [6, 6.07) is 13.3. The SMILES string of the molecule is N#CCc1ccc(Oc2cc(N)ccc2C(=O)O)cc1. The van der Waals surface area contributed by atoms with Crippen LogP contribution in [0.2, 0.25) is 0 Å². The molecular weight excluding hydrogens is 256 g/mol. The van der Waals surface area contributed by atoms with Crippen LogP contribution in [0.25, 0.3) is 0 Å². The normalized spacial score (nSPS) is 9.75. The molecule has 0 amide bonds. The van der Waals surface area contributed by atoms with E-state index in [-0.39, 0.29) is 11.3 Å². The Labute approximate surface area is 115 Å². The van der Waals surface area contributed by atoms with Crippen LogP contribution in [-0.4, -0.2) is 11.1 Å². The summed E-state index contributed by atoms with van der Waals surface area (Å²) >= 11 is 0. The maximum atomic E-state index is 11.1.